The lowest BCUT2D eigenvalue weighted by molar-refractivity contribution is -0.158. The standard InChI is InChI=1S/C27H32N4O6/c1-27(24(34)23(20(15-32)37-27)36-22(33)14-17-8-4-2-5-9-17)21-13-12-19-25(28-16-29-31(19)21)30-26(35)18-10-6-3-7-11-18/h3,6-7,10-13,16-17,20,23-24,32,34H,2,4-5,8-9,14-15H2,1H3,(H,28,29,30,35)/t20-,23-,24-,27+/m1/s1. The Hall–Kier alpha value is -3.34. The molecule has 3 heterocycles. The molecule has 1 saturated heterocycles. The summed E-state index contributed by atoms with van der Waals surface area (Å²) in [6.45, 7) is 1.24. The van der Waals surface area contributed by atoms with Gasteiger partial charge in [-0.1, -0.05) is 37.5 Å². The molecule has 196 valence electrons. The van der Waals surface area contributed by atoms with Gasteiger partial charge in [0, 0.05) is 12.0 Å². The molecule has 1 aromatic carbocycles. The minimum atomic E-state index is -1.34. The van der Waals surface area contributed by atoms with E-state index >= 15 is 0 Å². The Kier molecular flexibility index (Phi) is 7.23. The van der Waals surface area contributed by atoms with Crippen molar-refractivity contribution in [1.29, 1.82) is 0 Å². The first-order chi connectivity index (χ1) is 17.9. The maximum Gasteiger partial charge on any atom is 0.306 e. The fourth-order valence-electron chi connectivity index (χ4n) is 5.46. The molecule has 37 heavy (non-hydrogen) atoms. The molecule has 0 unspecified atom stereocenters. The van der Waals surface area contributed by atoms with Crippen molar-refractivity contribution in [2.24, 2.45) is 5.92 Å². The fraction of sp³-hybridized carbons (Fsp3) is 0.481. The number of esters is 1. The Balaban J connectivity index is 1.37. The van der Waals surface area contributed by atoms with Gasteiger partial charge in [0.05, 0.1) is 12.3 Å². The summed E-state index contributed by atoms with van der Waals surface area (Å²) in [7, 11) is 0. The molecule has 0 spiro atoms. The zero-order valence-corrected chi connectivity index (χ0v) is 20.7. The topological polar surface area (TPSA) is 135 Å². The Morgan fingerprint density at radius 1 is 1.16 bits per heavy atom. The number of carbonyl (C=O) groups excluding carboxylic acids is 2. The van der Waals surface area contributed by atoms with Gasteiger partial charge in [0.1, 0.15) is 29.7 Å². The van der Waals surface area contributed by atoms with Gasteiger partial charge in [-0.3, -0.25) is 9.59 Å². The van der Waals surface area contributed by atoms with E-state index in [1.165, 1.54) is 17.3 Å². The summed E-state index contributed by atoms with van der Waals surface area (Å²) in [5.41, 5.74) is 0.107. The second kappa shape index (κ2) is 10.6. The third-order valence-corrected chi connectivity index (χ3v) is 7.49. The molecule has 5 rings (SSSR count). The number of benzene rings is 1. The molecular formula is C27H32N4O6. The van der Waals surface area contributed by atoms with Gasteiger partial charge in [-0.2, -0.15) is 5.10 Å². The SMILES string of the molecule is C[C@@]1(c2ccc3c(NC(=O)c4ccccc4)ncnn23)O[C@H](CO)[C@@H](OC(=O)CC2CCCCC2)[C@H]1O. The molecule has 2 aromatic heterocycles. The van der Waals surface area contributed by atoms with Crippen molar-refractivity contribution in [1.82, 2.24) is 14.6 Å². The molecule has 3 aromatic rings. The van der Waals surface area contributed by atoms with E-state index in [-0.39, 0.29) is 11.8 Å². The molecule has 1 aliphatic heterocycles. The molecule has 1 saturated carbocycles. The normalized spacial score (nSPS) is 26.3. The number of hydrogen-bond acceptors (Lipinski definition) is 8. The van der Waals surface area contributed by atoms with Crippen LogP contribution in [0.25, 0.3) is 5.52 Å². The Labute approximate surface area is 214 Å². The predicted molar refractivity (Wildman–Crippen MR) is 134 cm³/mol. The molecule has 3 N–H and O–H groups in total. The third-order valence-electron chi connectivity index (χ3n) is 7.49. The summed E-state index contributed by atoms with van der Waals surface area (Å²) < 4.78 is 13.3. The smallest absolute Gasteiger partial charge is 0.306 e. The first kappa shape index (κ1) is 25.3. The number of amides is 1. The minimum absolute atomic E-state index is 0.287. The average molecular weight is 509 g/mol. The van der Waals surface area contributed by atoms with Crippen molar-refractivity contribution in [3.63, 3.8) is 0 Å². The summed E-state index contributed by atoms with van der Waals surface area (Å²) >= 11 is 0. The van der Waals surface area contributed by atoms with E-state index < -0.39 is 36.5 Å². The van der Waals surface area contributed by atoms with Gasteiger partial charge in [0.2, 0.25) is 0 Å². The Morgan fingerprint density at radius 3 is 2.65 bits per heavy atom. The van der Waals surface area contributed by atoms with Crippen LogP contribution in [-0.4, -0.2) is 61.6 Å². The molecule has 0 radical (unpaired) electrons. The van der Waals surface area contributed by atoms with Crippen molar-refractivity contribution < 1.29 is 29.3 Å². The van der Waals surface area contributed by atoms with Gasteiger partial charge in [0.15, 0.2) is 11.9 Å². The molecular weight excluding hydrogens is 476 g/mol. The monoisotopic (exact) mass is 508 g/mol. The number of aromatic nitrogens is 3. The lowest BCUT2D eigenvalue weighted by Crippen LogP contribution is -2.42. The van der Waals surface area contributed by atoms with Crippen LogP contribution >= 0.6 is 0 Å². The van der Waals surface area contributed by atoms with Crippen LogP contribution < -0.4 is 5.32 Å². The largest absolute Gasteiger partial charge is 0.457 e. The summed E-state index contributed by atoms with van der Waals surface area (Å²) in [6, 6.07) is 12.2. The minimum Gasteiger partial charge on any atom is -0.457 e. The number of nitrogens with one attached hydrogen (secondary N) is 1. The highest BCUT2D eigenvalue weighted by Crippen LogP contribution is 2.42. The maximum atomic E-state index is 12.7. The Morgan fingerprint density at radius 2 is 1.92 bits per heavy atom. The average Bonchev–Trinajstić information content (AvgIpc) is 3.46. The third kappa shape index (κ3) is 4.96. The summed E-state index contributed by atoms with van der Waals surface area (Å²) in [6.07, 6.45) is 3.82. The zero-order valence-electron chi connectivity index (χ0n) is 20.7. The number of rotatable bonds is 7. The first-order valence-corrected chi connectivity index (χ1v) is 12.8. The number of hydrogen-bond donors (Lipinski definition) is 3. The highest BCUT2D eigenvalue weighted by Gasteiger charge is 2.55. The van der Waals surface area contributed by atoms with Crippen molar-refractivity contribution in [2.75, 3.05) is 11.9 Å². The lowest BCUT2D eigenvalue weighted by atomic mass is 9.87. The second-order valence-corrected chi connectivity index (χ2v) is 10.00. The number of aliphatic hydroxyl groups excluding tert-OH is 2. The van der Waals surface area contributed by atoms with Crippen LogP contribution in [0.4, 0.5) is 5.82 Å². The van der Waals surface area contributed by atoms with E-state index in [9.17, 15) is 19.8 Å². The second-order valence-electron chi connectivity index (χ2n) is 10.00. The number of fused-ring (bicyclic) bond motifs is 1. The molecule has 2 fully saturated rings. The van der Waals surface area contributed by atoms with E-state index in [4.69, 9.17) is 9.47 Å². The molecule has 1 amide bonds. The molecule has 4 atom stereocenters. The molecule has 10 nitrogen and oxygen atoms in total. The number of carbonyl (C=O) groups is 2. The van der Waals surface area contributed by atoms with E-state index in [0.717, 1.165) is 25.7 Å². The number of ether oxygens (including phenoxy) is 2. The molecule has 2 aliphatic rings. The van der Waals surface area contributed by atoms with Crippen LogP contribution in [0.3, 0.4) is 0 Å². The van der Waals surface area contributed by atoms with Gasteiger partial charge in [0.25, 0.3) is 5.91 Å². The fourth-order valence-corrected chi connectivity index (χ4v) is 5.46. The van der Waals surface area contributed by atoms with Crippen molar-refractivity contribution in [2.45, 2.75) is 69.4 Å². The van der Waals surface area contributed by atoms with E-state index in [1.54, 1.807) is 43.3 Å². The van der Waals surface area contributed by atoms with Crippen LogP contribution in [0.5, 0.6) is 0 Å². The van der Waals surface area contributed by atoms with Crippen LogP contribution in [0.1, 0.15) is 61.5 Å². The van der Waals surface area contributed by atoms with Crippen LogP contribution in [-0.2, 0) is 19.9 Å². The summed E-state index contributed by atoms with van der Waals surface area (Å²) in [5, 5.41) is 28.4. The van der Waals surface area contributed by atoms with E-state index in [1.807, 2.05) is 6.07 Å². The maximum absolute atomic E-state index is 12.7. The molecule has 1 aliphatic carbocycles. The number of aliphatic hydroxyl groups is 2. The predicted octanol–water partition coefficient (Wildman–Crippen LogP) is 2.83. The van der Waals surface area contributed by atoms with Gasteiger partial charge < -0.3 is 25.0 Å². The van der Waals surface area contributed by atoms with Crippen molar-refractivity contribution in [3.8, 4) is 0 Å². The zero-order chi connectivity index (χ0) is 26.0. The quantitative estimate of drug-likeness (QED) is 0.415. The van der Waals surface area contributed by atoms with Crippen molar-refractivity contribution >= 4 is 23.2 Å². The van der Waals surface area contributed by atoms with E-state index in [2.05, 4.69) is 15.4 Å². The van der Waals surface area contributed by atoms with Gasteiger partial charge in [-0.15, -0.1) is 0 Å². The van der Waals surface area contributed by atoms with Gasteiger partial charge in [-0.25, -0.2) is 9.50 Å². The summed E-state index contributed by atoms with van der Waals surface area (Å²) in [5.74, 6) is -0.135. The van der Waals surface area contributed by atoms with Crippen LogP contribution in [0.2, 0.25) is 0 Å². The highest BCUT2D eigenvalue weighted by atomic mass is 16.6. The lowest BCUT2D eigenvalue weighted by Gasteiger charge is -2.28. The van der Waals surface area contributed by atoms with Crippen LogP contribution in [0, 0.1) is 5.92 Å². The molecule has 0 bridgehead atoms. The van der Waals surface area contributed by atoms with E-state index in [0.29, 0.717) is 29.0 Å². The molecule has 10 heteroatoms. The summed E-state index contributed by atoms with van der Waals surface area (Å²) in [4.78, 5) is 29.6. The van der Waals surface area contributed by atoms with Crippen LogP contribution in [0.15, 0.2) is 48.8 Å². The van der Waals surface area contributed by atoms with Gasteiger partial charge >= 0.3 is 5.97 Å². The number of nitrogens with zero attached hydrogens (tertiary/aromatic N) is 3. The Bertz CT molecular complexity index is 1260. The van der Waals surface area contributed by atoms with Crippen molar-refractivity contribution in [3.05, 3.63) is 60.0 Å². The number of anilines is 1. The highest BCUT2D eigenvalue weighted by molar-refractivity contribution is 6.05. The van der Waals surface area contributed by atoms with Gasteiger partial charge in [-0.05, 0) is 49.9 Å². The first-order valence-electron chi connectivity index (χ1n) is 12.8.